The highest BCUT2D eigenvalue weighted by Gasteiger charge is 2.61. The summed E-state index contributed by atoms with van der Waals surface area (Å²) in [7, 11) is -3.96. The number of β-lactam (4-membered cyclic amide) rings is 1. The maximum Gasteiger partial charge on any atom is 0.248 e. The molecule has 1 spiro atoms. The topological polar surface area (TPSA) is 79.2 Å². The molecule has 3 unspecified atom stereocenters. The van der Waals surface area contributed by atoms with Gasteiger partial charge in [-0.15, -0.1) is 0 Å². The highest BCUT2D eigenvalue weighted by atomic mass is 28.4. The first kappa shape index (κ1) is 21.8. The number of hydrogen-bond donors (Lipinski definition) is 2. The van der Waals surface area contributed by atoms with E-state index in [9.17, 15) is 15.0 Å². The van der Waals surface area contributed by atoms with Crippen LogP contribution in [0.4, 0.5) is 0 Å². The van der Waals surface area contributed by atoms with Crippen LogP contribution >= 0.6 is 0 Å². The number of carbonyl (C=O) groups is 1. The molecule has 2 rings (SSSR count). The SMILES string of the molecule is CCCC[Si](C)(C)ON1C(=O)CC12C=CC(O)(CO)CC2O[Si](C)(C)C. The molecule has 1 amide bonds. The molecule has 0 radical (unpaired) electrons. The van der Waals surface area contributed by atoms with Gasteiger partial charge in [-0.1, -0.05) is 31.9 Å². The maximum atomic E-state index is 12.4. The predicted molar refractivity (Wildman–Crippen MR) is 106 cm³/mol. The monoisotopic (exact) mass is 401 g/mol. The summed E-state index contributed by atoms with van der Waals surface area (Å²) < 4.78 is 12.7. The molecule has 3 atom stereocenters. The van der Waals surface area contributed by atoms with E-state index in [4.69, 9.17) is 8.95 Å². The van der Waals surface area contributed by atoms with E-state index in [1.807, 2.05) is 6.08 Å². The third kappa shape index (κ3) is 4.66. The van der Waals surface area contributed by atoms with Gasteiger partial charge in [0.25, 0.3) is 0 Å². The molecule has 0 aromatic rings. The van der Waals surface area contributed by atoms with Crippen LogP contribution in [0.2, 0.25) is 38.8 Å². The Labute approximate surface area is 159 Å². The van der Waals surface area contributed by atoms with Crippen molar-refractivity contribution in [2.24, 2.45) is 0 Å². The van der Waals surface area contributed by atoms with Crippen molar-refractivity contribution in [1.82, 2.24) is 5.06 Å². The Morgan fingerprint density at radius 3 is 2.42 bits per heavy atom. The van der Waals surface area contributed by atoms with E-state index in [1.165, 1.54) is 5.06 Å². The number of hydroxylamine groups is 2. The molecule has 0 saturated carbocycles. The molecule has 1 heterocycles. The molecule has 2 N–H and O–H groups in total. The molecule has 8 heteroatoms. The molecule has 0 bridgehead atoms. The second kappa shape index (κ2) is 7.48. The number of aliphatic hydroxyl groups excluding tert-OH is 1. The van der Waals surface area contributed by atoms with E-state index in [1.54, 1.807) is 6.08 Å². The van der Waals surface area contributed by atoms with Crippen molar-refractivity contribution in [1.29, 1.82) is 0 Å². The summed E-state index contributed by atoms with van der Waals surface area (Å²) in [6.45, 7) is 12.3. The molecule has 6 nitrogen and oxygen atoms in total. The Morgan fingerprint density at radius 2 is 1.92 bits per heavy atom. The highest BCUT2D eigenvalue weighted by molar-refractivity contribution is 6.71. The molecule has 26 heavy (non-hydrogen) atoms. The van der Waals surface area contributed by atoms with E-state index < -0.39 is 27.8 Å². The van der Waals surface area contributed by atoms with Gasteiger partial charge in [0.1, 0.15) is 11.1 Å². The Hall–Kier alpha value is -0.516. The summed E-state index contributed by atoms with van der Waals surface area (Å²) in [5, 5.41) is 21.7. The molecule has 2 aliphatic rings. The van der Waals surface area contributed by atoms with Crippen LogP contribution in [0.5, 0.6) is 0 Å². The summed E-state index contributed by atoms with van der Waals surface area (Å²) in [4.78, 5) is 12.4. The molecule has 0 aromatic heterocycles. The van der Waals surface area contributed by atoms with Gasteiger partial charge in [0, 0.05) is 6.42 Å². The van der Waals surface area contributed by atoms with Crippen LogP contribution in [0.1, 0.15) is 32.6 Å². The minimum absolute atomic E-state index is 0.0367. The Balaban J connectivity index is 2.30. The van der Waals surface area contributed by atoms with E-state index in [-0.39, 0.29) is 25.0 Å². The van der Waals surface area contributed by atoms with Crippen molar-refractivity contribution in [3.63, 3.8) is 0 Å². The fourth-order valence-electron chi connectivity index (χ4n) is 3.59. The van der Waals surface area contributed by atoms with E-state index in [0.717, 1.165) is 18.9 Å². The van der Waals surface area contributed by atoms with Gasteiger partial charge in [0.05, 0.1) is 19.1 Å². The van der Waals surface area contributed by atoms with E-state index in [2.05, 4.69) is 39.7 Å². The van der Waals surface area contributed by atoms with Crippen LogP contribution < -0.4 is 0 Å². The molecular formula is C18H35NO5Si2. The van der Waals surface area contributed by atoms with E-state index >= 15 is 0 Å². The Bertz CT molecular complexity index is 562. The van der Waals surface area contributed by atoms with Gasteiger partial charge in [-0.05, 0) is 38.8 Å². The van der Waals surface area contributed by atoms with Gasteiger partial charge in [-0.3, -0.25) is 4.79 Å². The normalized spacial score (nSPS) is 32.2. The molecule has 150 valence electrons. The average Bonchev–Trinajstić information content (AvgIpc) is 2.52. The van der Waals surface area contributed by atoms with Crippen molar-refractivity contribution in [3.05, 3.63) is 12.2 Å². The lowest BCUT2D eigenvalue weighted by molar-refractivity contribution is -0.232. The van der Waals surface area contributed by atoms with E-state index in [0.29, 0.717) is 6.42 Å². The minimum Gasteiger partial charge on any atom is -0.412 e. The summed E-state index contributed by atoms with van der Waals surface area (Å²) in [5.74, 6) is -0.0367. The van der Waals surface area contributed by atoms with Crippen LogP contribution in [0.3, 0.4) is 0 Å². The third-order valence-electron chi connectivity index (χ3n) is 5.06. The predicted octanol–water partition coefficient (Wildman–Crippen LogP) is 2.80. The largest absolute Gasteiger partial charge is 0.412 e. The standard InChI is InChI=1S/C18H35NO5Si2/c1-7-8-11-26(5,6)24-19-16(21)13-18(19)10-9-17(22,14-20)12-15(18)23-25(2,3)4/h9-10,15,20,22H,7-8,11-14H2,1-6H3. The van der Waals surface area contributed by atoms with Crippen LogP contribution in [-0.2, 0) is 13.7 Å². The number of carbonyl (C=O) groups excluding carboxylic acids is 1. The quantitative estimate of drug-likeness (QED) is 0.371. The molecule has 1 aliphatic heterocycles. The smallest absolute Gasteiger partial charge is 0.248 e. The molecule has 1 fully saturated rings. The van der Waals surface area contributed by atoms with Crippen molar-refractivity contribution in [2.75, 3.05) is 6.61 Å². The zero-order valence-electron chi connectivity index (χ0n) is 17.0. The fraction of sp³-hybridized carbons (Fsp3) is 0.833. The number of unbranched alkanes of at least 4 members (excludes halogenated alkanes) is 1. The lowest BCUT2D eigenvalue weighted by atomic mass is 9.72. The van der Waals surface area contributed by atoms with Crippen LogP contribution in [0, 0.1) is 0 Å². The van der Waals surface area contributed by atoms with Gasteiger partial charge in [-0.2, -0.15) is 0 Å². The van der Waals surface area contributed by atoms with Crippen LogP contribution in [0.15, 0.2) is 12.2 Å². The first-order valence-electron chi connectivity index (χ1n) is 9.60. The lowest BCUT2D eigenvalue weighted by Crippen LogP contribution is -2.73. The molecule has 1 saturated heterocycles. The number of amides is 1. The minimum atomic E-state index is -2.03. The lowest BCUT2D eigenvalue weighted by Gasteiger charge is -2.58. The summed E-state index contributed by atoms with van der Waals surface area (Å²) in [5.41, 5.74) is -1.98. The Kier molecular flexibility index (Phi) is 6.27. The third-order valence-corrected chi connectivity index (χ3v) is 8.28. The van der Waals surface area contributed by atoms with Gasteiger partial charge >= 0.3 is 0 Å². The van der Waals surface area contributed by atoms with Crippen molar-refractivity contribution in [2.45, 2.75) is 88.6 Å². The zero-order valence-corrected chi connectivity index (χ0v) is 19.0. The Morgan fingerprint density at radius 1 is 1.27 bits per heavy atom. The summed E-state index contributed by atoms with van der Waals surface area (Å²) in [6, 6.07) is 0.993. The summed E-state index contributed by atoms with van der Waals surface area (Å²) >= 11 is 0. The number of nitrogens with zero attached hydrogens (tertiary/aromatic N) is 1. The molecular weight excluding hydrogens is 366 g/mol. The van der Waals surface area contributed by atoms with Crippen molar-refractivity contribution < 1.29 is 24.0 Å². The van der Waals surface area contributed by atoms with Crippen molar-refractivity contribution >= 4 is 22.5 Å². The van der Waals surface area contributed by atoms with Gasteiger partial charge in [-0.25, -0.2) is 5.06 Å². The first-order valence-corrected chi connectivity index (χ1v) is 16.1. The second-order valence-corrected chi connectivity index (χ2v) is 18.0. The first-order chi connectivity index (χ1) is 11.9. The number of rotatable bonds is 8. The number of aliphatic hydroxyl groups is 2. The maximum absolute atomic E-state index is 12.4. The number of hydrogen-bond acceptors (Lipinski definition) is 5. The second-order valence-electron chi connectivity index (χ2n) is 9.33. The fourth-order valence-corrected chi connectivity index (χ4v) is 6.79. The van der Waals surface area contributed by atoms with Crippen molar-refractivity contribution in [3.8, 4) is 0 Å². The summed E-state index contributed by atoms with van der Waals surface area (Å²) in [6.07, 6.45) is 5.81. The van der Waals surface area contributed by atoms with Gasteiger partial charge in [0.15, 0.2) is 8.32 Å². The zero-order chi connectivity index (χ0) is 19.8. The molecule has 1 aliphatic carbocycles. The van der Waals surface area contributed by atoms with Crippen LogP contribution in [0.25, 0.3) is 0 Å². The highest BCUT2D eigenvalue weighted by Crippen LogP contribution is 2.46. The van der Waals surface area contributed by atoms with Gasteiger partial charge < -0.3 is 19.2 Å². The van der Waals surface area contributed by atoms with Crippen LogP contribution in [-0.4, -0.2) is 61.7 Å². The average molecular weight is 402 g/mol. The molecule has 0 aromatic carbocycles. The van der Waals surface area contributed by atoms with Gasteiger partial charge in [0.2, 0.25) is 14.2 Å².